The minimum absolute atomic E-state index is 0.176. The van der Waals surface area contributed by atoms with Crippen molar-refractivity contribution in [3.8, 4) is 5.75 Å². The number of anilines is 1. The highest BCUT2D eigenvalue weighted by atomic mass is 16.5. The van der Waals surface area contributed by atoms with Crippen LogP contribution in [0.5, 0.6) is 5.75 Å². The molecule has 0 saturated carbocycles. The average molecular weight is 570 g/mol. The Morgan fingerprint density at radius 2 is 1.49 bits per heavy atom. The second-order valence-corrected chi connectivity index (χ2v) is 11.3. The maximum atomic E-state index is 14.5. The number of rotatable bonds is 8. The molecule has 7 heteroatoms. The van der Waals surface area contributed by atoms with Gasteiger partial charge in [0, 0.05) is 12.1 Å². The van der Waals surface area contributed by atoms with E-state index < -0.39 is 17.3 Å². The summed E-state index contributed by atoms with van der Waals surface area (Å²) in [4.78, 5) is 43.0. The van der Waals surface area contributed by atoms with Crippen LogP contribution in [0.1, 0.15) is 47.1 Å². The van der Waals surface area contributed by atoms with E-state index in [2.05, 4.69) is 10.5 Å². The first-order valence-electron chi connectivity index (χ1n) is 14.7. The summed E-state index contributed by atoms with van der Waals surface area (Å²) in [5, 5.41) is 4.49. The van der Waals surface area contributed by atoms with Gasteiger partial charge in [-0.2, -0.15) is 5.10 Å². The van der Waals surface area contributed by atoms with E-state index in [-0.39, 0.29) is 30.1 Å². The van der Waals surface area contributed by atoms with Crippen LogP contribution in [0.25, 0.3) is 0 Å². The SMILES string of the molecule is CCCOc1ccc(N2C(=O)[C@@H]3C4c5ccccc5C(/C=N\NC(=O)Cc5ccccc5)(c5ccccc54)[C@H]3C2=O)cc1. The number of carbonyl (C=O) groups excluding carboxylic acids is 3. The maximum absolute atomic E-state index is 14.5. The van der Waals surface area contributed by atoms with Gasteiger partial charge in [0.05, 0.1) is 36.0 Å². The van der Waals surface area contributed by atoms with E-state index in [1.807, 2.05) is 85.8 Å². The van der Waals surface area contributed by atoms with Gasteiger partial charge in [0.25, 0.3) is 0 Å². The van der Waals surface area contributed by atoms with Crippen molar-refractivity contribution in [1.82, 2.24) is 5.43 Å². The van der Waals surface area contributed by atoms with Gasteiger partial charge in [0.2, 0.25) is 17.7 Å². The molecule has 0 radical (unpaired) electrons. The minimum Gasteiger partial charge on any atom is -0.494 e. The fraction of sp³-hybridized carbons (Fsp3) is 0.222. The van der Waals surface area contributed by atoms with E-state index in [0.717, 1.165) is 34.2 Å². The van der Waals surface area contributed by atoms with Crippen LogP contribution in [-0.4, -0.2) is 30.5 Å². The summed E-state index contributed by atoms with van der Waals surface area (Å²) in [5.74, 6) is -1.67. The first kappa shape index (κ1) is 26.8. The molecule has 8 rings (SSSR count). The average Bonchev–Trinajstić information content (AvgIpc) is 3.31. The van der Waals surface area contributed by atoms with Crippen LogP contribution in [0.4, 0.5) is 5.69 Å². The summed E-state index contributed by atoms with van der Waals surface area (Å²) >= 11 is 0. The molecule has 1 aliphatic heterocycles. The molecule has 2 atom stereocenters. The van der Waals surface area contributed by atoms with E-state index in [1.54, 1.807) is 30.5 Å². The molecule has 3 aliphatic carbocycles. The monoisotopic (exact) mass is 569 g/mol. The van der Waals surface area contributed by atoms with Crippen molar-refractivity contribution in [2.45, 2.75) is 31.1 Å². The summed E-state index contributed by atoms with van der Waals surface area (Å²) in [5.41, 5.74) is 6.94. The Balaban J connectivity index is 1.31. The van der Waals surface area contributed by atoms with E-state index in [1.165, 1.54) is 4.90 Å². The Labute approximate surface area is 250 Å². The Hall–Kier alpha value is -5.04. The van der Waals surface area contributed by atoms with Gasteiger partial charge < -0.3 is 4.74 Å². The standard InChI is InChI=1S/C36H31N3O4/c1-2-20-43-25-18-16-24(17-19-25)39-34(41)32-31-26-12-6-8-14-28(26)36(33(32)35(39)42,29-15-9-7-13-27(29)31)22-37-38-30(40)21-23-10-4-3-5-11-23/h3-19,22,31-33H,2,20-21H2,1H3,(H,38,40)/b37-22-/t31?,32-,33-,36?/m1/s1. The number of hydrogen-bond donors (Lipinski definition) is 1. The number of imide groups is 1. The zero-order chi connectivity index (χ0) is 29.6. The van der Waals surface area contributed by atoms with Crippen LogP contribution < -0.4 is 15.1 Å². The predicted molar refractivity (Wildman–Crippen MR) is 164 cm³/mol. The molecular formula is C36H31N3O4. The molecule has 4 aromatic rings. The summed E-state index contributed by atoms with van der Waals surface area (Å²) < 4.78 is 5.73. The van der Waals surface area contributed by atoms with Gasteiger partial charge in [-0.25, -0.2) is 10.3 Å². The Bertz CT molecular complexity index is 1700. The number of hydrazone groups is 1. The third kappa shape index (κ3) is 4.18. The Kier molecular flexibility index (Phi) is 6.65. The van der Waals surface area contributed by atoms with Gasteiger partial charge in [-0.05, 0) is 58.5 Å². The number of ether oxygens (including phenoxy) is 1. The van der Waals surface area contributed by atoms with Crippen molar-refractivity contribution in [2.75, 3.05) is 11.5 Å². The fourth-order valence-corrected chi connectivity index (χ4v) is 7.24. The van der Waals surface area contributed by atoms with Crippen LogP contribution in [0.2, 0.25) is 0 Å². The molecule has 2 bridgehead atoms. The Morgan fingerprint density at radius 1 is 0.860 bits per heavy atom. The normalized spacial score (nSPS) is 23.2. The summed E-state index contributed by atoms with van der Waals surface area (Å²) in [6.45, 7) is 2.63. The first-order valence-corrected chi connectivity index (χ1v) is 14.7. The topological polar surface area (TPSA) is 88.1 Å². The van der Waals surface area contributed by atoms with Crippen molar-refractivity contribution < 1.29 is 19.1 Å². The van der Waals surface area contributed by atoms with Crippen LogP contribution in [0, 0.1) is 11.8 Å². The van der Waals surface area contributed by atoms with Gasteiger partial charge in [0.15, 0.2) is 0 Å². The molecular weight excluding hydrogens is 538 g/mol. The minimum atomic E-state index is -1.04. The van der Waals surface area contributed by atoms with E-state index in [0.29, 0.717) is 18.0 Å². The molecule has 0 aromatic heterocycles. The zero-order valence-electron chi connectivity index (χ0n) is 23.8. The molecule has 1 N–H and O–H groups in total. The molecule has 7 nitrogen and oxygen atoms in total. The molecule has 0 unspecified atom stereocenters. The third-order valence-corrected chi connectivity index (χ3v) is 8.92. The van der Waals surface area contributed by atoms with Crippen molar-refractivity contribution in [3.05, 3.63) is 131 Å². The molecule has 214 valence electrons. The zero-order valence-corrected chi connectivity index (χ0v) is 23.8. The second-order valence-electron chi connectivity index (χ2n) is 11.3. The van der Waals surface area contributed by atoms with E-state index in [9.17, 15) is 14.4 Å². The van der Waals surface area contributed by atoms with Crippen LogP contribution in [0.15, 0.2) is 108 Å². The Morgan fingerprint density at radius 3 is 2.14 bits per heavy atom. The molecule has 1 heterocycles. The van der Waals surface area contributed by atoms with Crippen LogP contribution in [-0.2, 0) is 26.2 Å². The lowest BCUT2D eigenvalue weighted by atomic mass is 9.47. The van der Waals surface area contributed by atoms with Gasteiger partial charge in [-0.15, -0.1) is 0 Å². The largest absolute Gasteiger partial charge is 0.494 e. The molecule has 0 spiro atoms. The smallest absolute Gasteiger partial charge is 0.244 e. The van der Waals surface area contributed by atoms with Gasteiger partial charge in [-0.1, -0.05) is 85.8 Å². The fourth-order valence-electron chi connectivity index (χ4n) is 7.24. The maximum Gasteiger partial charge on any atom is 0.244 e. The third-order valence-electron chi connectivity index (χ3n) is 8.92. The molecule has 1 fully saturated rings. The summed E-state index contributed by atoms with van der Waals surface area (Å²) in [6.07, 6.45) is 2.75. The van der Waals surface area contributed by atoms with Crippen LogP contribution >= 0.6 is 0 Å². The lowest BCUT2D eigenvalue weighted by molar-refractivity contribution is -0.123. The number of nitrogens with one attached hydrogen (secondary N) is 1. The highest BCUT2D eigenvalue weighted by molar-refractivity contribution is 6.25. The van der Waals surface area contributed by atoms with Crippen molar-refractivity contribution >= 4 is 29.6 Å². The molecule has 3 amide bonds. The van der Waals surface area contributed by atoms with Crippen molar-refractivity contribution in [3.63, 3.8) is 0 Å². The highest BCUT2D eigenvalue weighted by Crippen LogP contribution is 2.63. The predicted octanol–water partition coefficient (Wildman–Crippen LogP) is 5.37. The summed E-state index contributed by atoms with van der Waals surface area (Å²) in [7, 11) is 0. The molecule has 4 aliphatic rings. The van der Waals surface area contributed by atoms with Crippen LogP contribution in [0.3, 0.4) is 0 Å². The quantitative estimate of drug-likeness (QED) is 0.176. The summed E-state index contributed by atoms with van der Waals surface area (Å²) in [6, 6.07) is 32.6. The van der Waals surface area contributed by atoms with E-state index >= 15 is 0 Å². The lowest BCUT2D eigenvalue weighted by Crippen LogP contribution is -2.54. The number of benzene rings is 4. The second kappa shape index (κ2) is 10.7. The molecule has 43 heavy (non-hydrogen) atoms. The highest BCUT2D eigenvalue weighted by Gasteiger charge is 2.68. The molecule has 4 aromatic carbocycles. The molecule has 1 saturated heterocycles. The van der Waals surface area contributed by atoms with Gasteiger partial charge in [0.1, 0.15) is 5.75 Å². The number of amides is 3. The number of hydrogen-bond acceptors (Lipinski definition) is 5. The van der Waals surface area contributed by atoms with Crippen molar-refractivity contribution in [1.29, 1.82) is 0 Å². The number of carbonyl (C=O) groups is 3. The first-order chi connectivity index (χ1) is 21.0. The van der Waals surface area contributed by atoms with Gasteiger partial charge >= 0.3 is 0 Å². The van der Waals surface area contributed by atoms with Gasteiger partial charge in [-0.3, -0.25) is 14.4 Å². The van der Waals surface area contributed by atoms with Crippen molar-refractivity contribution in [2.24, 2.45) is 16.9 Å². The number of nitrogens with zero attached hydrogens (tertiary/aromatic N) is 2. The van der Waals surface area contributed by atoms with E-state index in [4.69, 9.17) is 4.74 Å². The lowest BCUT2D eigenvalue weighted by Gasteiger charge is -2.52.